The Kier molecular flexibility index (Phi) is 2.41. The van der Waals surface area contributed by atoms with Crippen LogP contribution in [0.4, 0.5) is 0 Å². The van der Waals surface area contributed by atoms with E-state index in [0.717, 1.165) is 16.3 Å². The van der Waals surface area contributed by atoms with Crippen LogP contribution in [-0.2, 0) is 15.9 Å². The second-order valence-electron chi connectivity index (χ2n) is 2.78. The topological polar surface area (TPSA) is 18.5 Å². The Bertz CT molecular complexity index is 333. The molecule has 0 amide bonds. The van der Waals surface area contributed by atoms with Gasteiger partial charge in [0.1, 0.15) is 12.0 Å². The molecule has 0 N–H and O–H groups in total. The molecule has 0 saturated heterocycles. The summed E-state index contributed by atoms with van der Waals surface area (Å²) in [6.45, 7) is 0.319. The first-order valence-corrected chi connectivity index (χ1v) is 4.41. The number of halogens is 1. The van der Waals surface area contributed by atoms with Gasteiger partial charge in [0.15, 0.2) is 0 Å². The van der Waals surface area contributed by atoms with Crippen LogP contribution in [0.3, 0.4) is 0 Å². The van der Waals surface area contributed by atoms with Crippen LogP contribution in [0.25, 0.3) is 0 Å². The largest absolute Gasteiger partial charge is 0.462 e. The summed E-state index contributed by atoms with van der Waals surface area (Å²) in [5.74, 6) is 0.827. The highest BCUT2D eigenvalue weighted by molar-refractivity contribution is 6.31. The van der Waals surface area contributed by atoms with Crippen molar-refractivity contribution < 1.29 is 9.47 Å². The highest BCUT2D eigenvalue weighted by atomic mass is 35.5. The first kappa shape index (κ1) is 8.45. The van der Waals surface area contributed by atoms with Gasteiger partial charge in [0.05, 0.1) is 0 Å². The molecule has 68 valence electrons. The minimum absolute atomic E-state index is 0.319. The lowest BCUT2D eigenvalue weighted by Gasteiger charge is -2.03. The Morgan fingerprint density at radius 1 is 1.31 bits per heavy atom. The maximum Gasteiger partial charge on any atom is 0.229 e. The zero-order valence-corrected chi connectivity index (χ0v) is 7.75. The van der Waals surface area contributed by atoms with E-state index in [2.05, 4.69) is 0 Å². The second-order valence-corrected chi connectivity index (χ2v) is 3.19. The van der Waals surface area contributed by atoms with Gasteiger partial charge in [-0.1, -0.05) is 29.8 Å². The van der Waals surface area contributed by atoms with Crippen molar-refractivity contribution in [2.75, 3.05) is 6.79 Å². The predicted molar refractivity (Wildman–Crippen MR) is 50.3 cm³/mol. The molecule has 0 spiro atoms. The quantitative estimate of drug-likeness (QED) is 0.724. The number of rotatable bonds is 2. The van der Waals surface area contributed by atoms with Crippen LogP contribution in [0.1, 0.15) is 5.56 Å². The van der Waals surface area contributed by atoms with Gasteiger partial charge in [0, 0.05) is 11.4 Å². The fraction of sp³-hybridized carbons (Fsp3) is 0.200. The molecule has 0 saturated carbocycles. The van der Waals surface area contributed by atoms with Crippen molar-refractivity contribution in [1.82, 2.24) is 0 Å². The fourth-order valence-electron chi connectivity index (χ4n) is 1.19. The molecule has 0 aliphatic carbocycles. The molecule has 3 heteroatoms. The lowest BCUT2D eigenvalue weighted by atomic mass is 10.1. The highest BCUT2D eigenvalue weighted by Crippen LogP contribution is 2.20. The Hall–Kier alpha value is -1.15. The lowest BCUT2D eigenvalue weighted by Crippen LogP contribution is -1.92. The molecule has 2 nitrogen and oxygen atoms in total. The van der Waals surface area contributed by atoms with E-state index in [9.17, 15) is 0 Å². The number of benzene rings is 1. The first-order chi connectivity index (χ1) is 6.36. The second kappa shape index (κ2) is 3.71. The van der Waals surface area contributed by atoms with E-state index >= 15 is 0 Å². The van der Waals surface area contributed by atoms with E-state index in [1.54, 1.807) is 6.26 Å². The lowest BCUT2D eigenvalue weighted by molar-refractivity contribution is 0.0791. The molecule has 13 heavy (non-hydrogen) atoms. The summed E-state index contributed by atoms with van der Waals surface area (Å²) in [6.07, 6.45) is 2.32. The molecule has 0 aromatic heterocycles. The molecule has 1 aromatic rings. The van der Waals surface area contributed by atoms with E-state index in [1.165, 1.54) is 0 Å². The molecule has 1 aliphatic heterocycles. The van der Waals surface area contributed by atoms with Crippen molar-refractivity contribution in [1.29, 1.82) is 0 Å². The van der Waals surface area contributed by atoms with Crippen molar-refractivity contribution in [3.63, 3.8) is 0 Å². The van der Waals surface area contributed by atoms with Gasteiger partial charge in [-0.2, -0.15) is 0 Å². The molecule has 1 aromatic carbocycles. The standard InChI is InChI=1S/C10H9ClO2/c11-10-4-2-1-3-8(10)5-9-6-12-7-13-9/h1-4,6H,5,7H2. The molecule has 2 rings (SSSR count). The van der Waals surface area contributed by atoms with Gasteiger partial charge >= 0.3 is 0 Å². The monoisotopic (exact) mass is 196 g/mol. The third-order valence-electron chi connectivity index (χ3n) is 1.85. The van der Waals surface area contributed by atoms with Crippen molar-refractivity contribution >= 4 is 11.6 Å². The van der Waals surface area contributed by atoms with E-state index in [-0.39, 0.29) is 0 Å². The van der Waals surface area contributed by atoms with Crippen molar-refractivity contribution in [2.45, 2.75) is 6.42 Å². The summed E-state index contributed by atoms with van der Waals surface area (Å²) in [5.41, 5.74) is 1.06. The van der Waals surface area contributed by atoms with Gasteiger partial charge in [-0.25, -0.2) is 0 Å². The van der Waals surface area contributed by atoms with Gasteiger partial charge in [-0.05, 0) is 11.6 Å². The van der Waals surface area contributed by atoms with Crippen LogP contribution >= 0.6 is 11.6 Å². The summed E-state index contributed by atoms with van der Waals surface area (Å²) in [4.78, 5) is 0. The number of hydrogen-bond donors (Lipinski definition) is 0. The third kappa shape index (κ3) is 1.95. The molecule has 1 aliphatic rings. The summed E-state index contributed by atoms with van der Waals surface area (Å²) < 4.78 is 10.1. The summed E-state index contributed by atoms with van der Waals surface area (Å²) in [7, 11) is 0. The van der Waals surface area contributed by atoms with Gasteiger partial charge in [-0.3, -0.25) is 0 Å². The van der Waals surface area contributed by atoms with Crippen LogP contribution < -0.4 is 0 Å². The van der Waals surface area contributed by atoms with E-state index in [4.69, 9.17) is 21.1 Å². The fourth-order valence-corrected chi connectivity index (χ4v) is 1.40. The van der Waals surface area contributed by atoms with Crippen LogP contribution in [0.2, 0.25) is 5.02 Å². The number of allylic oxidation sites excluding steroid dienone is 1. The van der Waals surface area contributed by atoms with Crippen molar-refractivity contribution in [3.05, 3.63) is 46.9 Å². The van der Waals surface area contributed by atoms with E-state index in [1.807, 2.05) is 24.3 Å². The molecular formula is C10H9ClO2. The molecule has 0 bridgehead atoms. The van der Waals surface area contributed by atoms with Crippen molar-refractivity contribution in [3.8, 4) is 0 Å². The van der Waals surface area contributed by atoms with Crippen LogP contribution in [-0.4, -0.2) is 6.79 Å². The predicted octanol–water partition coefficient (Wildman–Crippen LogP) is 2.73. The Morgan fingerprint density at radius 3 is 2.85 bits per heavy atom. The SMILES string of the molecule is Clc1ccccc1CC1=COCO1. The summed E-state index contributed by atoms with van der Waals surface area (Å²) in [5, 5.41) is 0.763. The van der Waals surface area contributed by atoms with E-state index < -0.39 is 0 Å². The Balaban J connectivity index is 2.13. The maximum atomic E-state index is 5.98. The van der Waals surface area contributed by atoms with Crippen LogP contribution in [0.15, 0.2) is 36.3 Å². The zero-order chi connectivity index (χ0) is 9.10. The average molecular weight is 197 g/mol. The highest BCUT2D eigenvalue weighted by Gasteiger charge is 2.08. The Labute approximate surface area is 81.7 Å². The molecule has 1 heterocycles. The molecule has 0 atom stereocenters. The molecular weight excluding hydrogens is 188 g/mol. The molecule has 0 radical (unpaired) electrons. The smallest absolute Gasteiger partial charge is 0.229 e. The van der Waals surface area contributed by atoms with Crippen LogP contribution in [0.5, 0.6) is 0 Å². The van der Waals surface area contributed by atoms with E-state index in [0.29, 0.717) is 13.2 Å². The normalized spacial score (nSPS) is 14.7. The molecule has 0 unspecified atom stereocenters. The third-order valence-corrected chi connectivity index (χ3v) is 2.22. The van der Waals surface area contributed by atoms with Gasteiger partial charge in [0.25, 0.3) is 0 Å². The zero-order valence-electron chi connectivity index (χ0n) is 7.00. The van der Waals surface area contributed by atoms with Gasteiger partial charge < -0.3 is 9.47 Å². The van der Waals surface area contributed by atoms with Gasteiger partial charge in [-0.15, -0.1) is 0 Å². The maximum absolute atomic E-state index is 5.98. The number of ether oxygens (including phenoxy) is 2. The number of hydrogen-bond acceptors (Lipinski definition) is 2. The summed E-state index contributed by atoms with van der Waals surface area (Å²) in [6, 6.07) is 7.71. The minimum atomic E-state index is 0.319. The van der Waals surface area contributed by atoms with Crippen LogP contribution in [0, 0.1) is 0 Å². The summed E-state index contributed by atoms with van der Waals surface area (Å²) >= 11 is 5.98. The minimum Gasteiger partial charge on any atom is -0.462 e. The average Bonchev–Trinajstić information content (AvgIpc) is 2.61. The van der Waals surface area contributed by atoms with Gasteiger partial charge in [0.2, 0.25) is 6.79 Å². The van der Waals surface area contributed by atoms with Crippen molar-refractivity contribution in [2.24, 2.45) is 0 Å². The Morgan fingerprint density at radius 2 is 2.15 bits per heavy atom. The molecule has 0 fully saturated rings. The first-order valence-electron chi connectivity index (χ1n) is 4.03.